The van der Waals surface area contributed by atoms with Crippen LogP contribution in [0.3, 0.4) is 0 Å². The molecule has 2 aromatic heterocycles. The Labute approximate surface area is 320 Å². The lowest BCUT2D eigenvalue weighted by Gasteiger charge is -2.50. The number of carboxylic acid groups (broad SMARTS) is 2. The maximum Gasteiger partial charge on any atom is 0.430 e. The molecule has 2 saturated heterocycles. The van der Waals surface area contributed by atoms with Crippen LogP contribution in [0.5, 0.6) is 5.75 Å². The van der Waals surface area contributed by atoms with Crippen molar-refractivity contribution >= 4 is 73.1 Å². The summed E-state index contributed by atoms with van der Waals surface area (Å²) in [6.07, 6.45) is -4.78. The van der Waals surface area contributed by atoms with Crippen molar-refractivity contribution in [3.8, 4) is 5.75 Å². The monoisotopic (exact) mass is 834 g/mol. The number of quaternary nitrogens is 1. The third kappa shape index (κ3) is 11.3. The van der Waals surface area contributed by atoms with Gasteiger partial charge in [-0.25, -0.2) is 14.8 Å². The number of alkyl halides is 3. The largest absolute Gasteiger partial charge is 0.542 e. The van der Waals surface area contributed by atoms with E-state index in [1.807, 2.05) is 12.1 Å². The van der Waals surface area contributed by atoms with Crippen molar-refractivity contribution in [2.45, 2.75) is 56.6 Å². The number of benzene rings is 1. The maximum absolute atomic E-state index is 13.3. The number of hydrogen-bond acceptors (Lipinski definition) is 16. The van der Waals surface area contributed by atoms with Gasteiger partial charge in [-0.05, 0) is 44.2 Å². The molecule has 2 fully saturated rings. The molecule has 2 amide bonds. The Kier molecular flexibility index (Phi) is 13.0. The molecule has 6 N–H and O–H groups in total. The van der Waals surface area contributed by atoms with Gasteiger partial charge in [-0.1, -0.05) is 5.16 Å². The van der Waals surface area contributed by atoms with Crippen molar-refractivity contribution in [3.63, 3.8) is 0 Å². The number of β-lactam (4-membered cyclic amide) rings is 1. The summed E-state index contributed by atoms with van der Waals surface area (Å²) >= 11 is 0.964. The number of likely N-dealkylation sites (tertiary alicyclic amines) is 1. The van der Waals surface area contributed by atoms with Crippen LogP contribution < -0.4 is 26.2 Å². The van der Waals surface area contributed by atoms with Gasteiger partial charge in [0.25, 0.3) is 17.9 Å². The van der Waals surface area contributed by atoms with Crippen molar-refractivity contribution in [1.29, 1.82) is 0 Å². The molecule has 0 spiro atoms. The summed E-state index contributed by atoms with van der Waals surface area (Å²) < 4.78 is 73.7. The number of ether oxygens (including phenoxy) is 1. The highest BCUT2D eigenvalue weighted by molar-refractivity contribution is 7.80. The zero-order valence-electron chi connectivity index (χ0n) is 30.0. The minimum atomic E-state index is -5.19. The van der Waals surface area contributed by atoms with E-state index in [0.717, 1.165) is 58.5 Å². The first-order valence-electron chi connectivity index (χ1n) is 16.3. The van der Waals surface area contributed by atoms with Crippen LogP contribution in [0.2, 0.25) is 0 Å². The number of carbonyl (C=O) groups excluding carboxylic acids is 3. The minimum Gasteiger partial charge on any atom is -0.542 e. The predicted octanol–water partition coefficient (Wildman–Crippen LogP) is 0.316. The second kappa shape index (κ2) is 16.8. The zero-order chi connectivity index (χ0) is 41.8. The highest BCUT2D eigenvalue weighted by Gasteiger charge is 2.58. The predicted molar refractivity (Wildman–Crippen MR) is 188 cm³/mol. The van der Waals surface area contributed by atoms with E-state index in [9.17, 15) is 41.1 Å². The van der Waals surface area contributed by atoms with E-state index in [1.54, 1.807) is 18.2 Å². The molecule has 2 aliphatic rings. The van der Waals surface area contributed by atoms with Gasteiger partial charge in [0.2, 0.25) is 0 Å². The highest BCUT2D eigenvalue weighted by atomic mass is 32.3. The molecular weight excluding hydrogens is 798 g/mol. The number of carbonyl (C=O) groups is 4. The molecule has 20 nitrogen and oxygen atoms in total. The molecule has 0 saturated carbocycles. The number of pyridine rings is 1. The summed E-state index contributed by atoms with van der Waals surface area (Å²) in [6.45, 7) is 4.41. The van der Waals surface area contributed by atoms with Crippen molar-refractivity contribution in [2.75, 3.05) is 44.8 Å². The fourth-order valence-electron chi connectivity index (χ4n) is 5.35. The van der Waals surface area contributed by atoms with Crippen LogP contribution in [-0.2, 0) is 38.7 Å². The molecule has 5 rings (SSSR count). The van der Waals surface area contributed by atoms with Crippen LogP contribution in [0.4, 0.5) is 24.1 Å². The summed E-state index contributed by atoms with van der Waals surface area (Å²) in [5.74, 6) is -5.35. The molecule has 0 aliphatic carbocycles. The number of anilines is 2. The number of rotatable bonds is 13. The fraction of sp³-hybridized carbons (Fsp3) is 0.452. The Hall–Kier alpha value is -5.37. The van der Waals surface area contributed by atoms with Crippen LogP contribution in [0.15, 0.2) is 40.9 Å². The van der Waals surface area contributed by atoms with Gasteiger partial charge in [-0.3, -0.25) is 14.1 Å². The zero-order valence-corrected chi connectivity index (χ0v) is 31.6. The molecule has 3 aromatic rings. The number of nitrogens with zero attached hydrogens (tertiary/aromatic N) is 5. The number of fused-ring (bicyclic) bond motifs is 1. The van der Waals surface area contributed by atoms with Crippen molar-refractivity contribution in [3.05, 3.63) is 41.4 Å². The van der Waals surface area contributed by atoms with Crippen LogP contribution in [0.1, 0.15) is 32.4 Å². The summed E-state index contributed by atoms with van der Waals surface area (Å²) in [6, 6.07) is 7.90. The molecule has 2 aliphatic heterocycles. The quantitative estimate of drug-likeness (QED) is 0.0509. The van der Waals surface area contributed by atoms with Gasteiger partial charge in [-0.15, -0.1) is 15.6 Å². The topological polar surface area (TPSA) is 285 Å². The van der Waals surface area contributed by atoms with Gasteiger partial charge in [0.1, 0.15) is 35.9 Å². The lowest BCUT2D eigenvalue weighted by atomic mass is 9.84. The van der Waals surface area contributed by atoms with Gasteiger partial charge in [0.05, 0.1) is 38.2 Å². The minimum absolute atomic E-state index is 0.0624. The van der Waals surface area contributed by atoms with Gasteiger partial charge < -0.3 is 45.4 Å². The third-order valence-corrected chi connectivity index (χ3v) is 9.47. The average molecular weight is 835 g/mol. The number of nitrogen functional groups attached to an aromatic ring is 1. The number of hydrogen-bond donors (Lipinski definition) is 5. The van der Waals surface area contributed by atoms with E-state index >= 15 is 0 Å². The van der Waals surface area contributed by atoms with Gasteiger partial charge in [0.15, 0.2) is 10.8 Å². The molecule has 306 valence electrons. The molecule has 56 heavy (non-hydrogen) atoms. The number of halogens is 3. The van der Waals surface area contributed by atoms with Gasteiger partial charge in [0, 0.05) is 29.6 Å². The highest BCUT2D eigenvalue weighted by Crippen LogP contribution is 2.33. The average Bonchev–Trinajstić information content (AvgIpc) is 3.53. The number of piperidine rings is 1. The summed E-state index contributed by atoms with van der Waals surface area (Å²) in [5, 5.41) is 30.8. The first-order chi connectivity index (χ1) is 25.9. The van der Waals surface area contributed by atoms with E-state index in [1.165, 1.54) is 19.2 Å². The van der Waals surface area contributed by atoms with E-state index in [-0.39, 0.29) is 10.8 Å². The molecular formula is C31H37F3N8O12S2. The van der Waals surface area contributed by atoms with Crippen LogP contribution in [-0.4, -0.2) is 131 Å². The Bertz CT molecular complexity index is 2100. The number of thiazole rings is 1. The van der Waals surface area contributed by atoms with E-state index in [0.29, 0.717) is 16.9 Å². The fourth-order valence-corrected chi connectivity index (χ4v) is 6.35. The summed E-state index contributed by atoms with van der Waals surface area (Å²) in [4.78, 5) is 60.6. The van der Waals surface area contributed by atoms with Crippen molar-refractivity contribution < 1.29 is 73.9 Å². The number of nitrogens with one attached hydrogen (secondary N) is 2. The van der Waals surface area contributed by atoms with E-state index in [4.69, 9.17) is 34.7 Å². The number of hydroxylamine groups is 2. The number of amides is 2. The maximum atomic E-state index is 13.3. The van der Waals surface area contributed by atoms with Gasteiger partial charge in [-0.2, -0.15) is 26.7 Å². The Morgan fingerprint density at radius 1 is 1.18 bits per heavy atom. The molecule has 2 atom stereocenters. The third-order valence-electron chi connectivity index (χ3n) is 8.46. The van der Waals surface area contributed by atoms with Gasteiger partial charge >= 0.3 is 22.5 Å². The number of nitrogens with two attached hydrogens (primary N) is 1. The SMILES string of the molecule is CC1(C)C(NC(=O)C(=NOC(COc2ccc3nc(NC4CC[N+](C)(C)CC4)ccc3c2)C(=O)O)c2csc(N)n2)C(=O)N1OS(=O)(=O)O.O=C([O-])C(F)(F)F. The van der Waals surface area contributed by atoms with E-state index in [2.05, 4.69) is 39.2 Å². The first kappa shape index (κ1) is 43.4. The molecule has 0 radical (unpaired) electrons. The first-order valence-corrected chi connectivity index (χ1v) is 18.5. The Balaban J connectivity index is 0.000000908. The second-order valence-electron chi connectivity index (χ2n) is 13.6. The van der Waals surface area contributed by atoms with E-state index < -0.39 is 70.3 Å². The number of aliphatic carboxylic acids is 2. The number of oxime groups is 1. The molecule has 0 bridgehead atoms. The standard InChI is InChI=1S/C29H36N8O10S2.C2HF3O2/c1-29(2)24(26(39)36(29)47-49(42,43)44)34-25(38)23(20-15-48-28(30)33-20)35-46-21(27(40)41)14-45-18-6-7-19-16(13-18)5-8-22(32-19)31-17-9-11-37(3,4)12-10-17;3-2(4,5)1(6)7/h5-8,13,15,17,21,24H,9-12,14H2,1-4H3,(H5-,30,31,32,33,34,38,40,41,42,43,44);(H,6,7). The number of carboxylic acids is 2. The summed E-state index contributed by atoms with van der Waals surface area (Å²) in [5.41, 5.74) is 4.41. The number of aromatic nitrogens is 2. The molecule has 2 unspecified atom stereocenters. The van der Waals surface area contributed by atoms with Crippen LogP contribution in [0, 0.1) is 0 Å². The van der Waals surface area contributed by atoms with Crippen molar-refractivity contribution in [2.24, 2.45) is 5.16 Å². The normalized spacial score (nSPS) is 18.9. The Morgan fingerprint density at radius 3 is 2.36 bits per heavy atom. The molecule has 4 heterocycles. The second-order valence-corrected chi connectivity index (χ2v) is 15.5. The van der Waals surface area contributed by atoms with Crippen LogP contribution in [0.25, 0.3) is 10.9 Å². The molecule has 1 aromatic carbocycles. The molecule has 25 heteroatoms. The smallest absolute Gasteiger partial charge is 0.430 e. The lowest BCUT2D eigenvalue weighted by Crippen LogP contribution is -2.76. The Morgan fingerprint density at radius 2 is 1.82 bits per heavy atom. The van der Waals surface area contributed by atoms with Crippen molar-refractivity contribution in [1.82, 2.24) is 20.3 Å². The van der Waals surface area contributed by atoms with Crippen LogP contribution >= 0.6 is 11.3 Å². The lowest BCUT2D eigenvalue weighted by molar-refractivity contribution is -0.895. The summed E-state index contributed by atoms with van der Waals surface area (Å²) in [7, 11) is -0.565.